The molecule has 0 atom stereocenters. The zero-order valence-electron chi connectivity index (χ0n) is 18.2. The average molecular weight is 450 g/mol. The molecule has 1 aromatic carbocycles. The maximum absolute atomic E-state index is 12.5. The topological polar surface area (TPSA) is 73.3 Å². The number of hydrogen-bond donors (Lipinski definition) is 0. The zero-order chi connectivity index (χ0) is 22.2. The molecule has 1 aromatic heterocycles. The molecule has 0 bridgehead atoms. The van der Waals surface area contributed by atoms with Gasteiger partial charge in [-0.25, -0.2) is 13.4 Å². The lowest BCUT2D eigenvalue weighted by molar-refractivity contribution is -0.118. The van der Waals surface area contributed by atoms with Crippen LogP contribution in [0.1, 0.15) is 52.0 Å². The number of methoxy groups -OCH3 is 1. The van der Waals surface area contributed by atoms with E-state index < -0.39 is 14.6 Å². The molecule has 0 saturated heterocycles. The lowest BCUT2D eigenvalue weighted by Crippen LogP contribution is -2.30. The number of nitrogens with zero attached hydrogens (tertiary/aromatic N) is 1. The van der Waals surface area contributed by atoms with Crippen molar-refractivity contribution in [3.8, 4) is 5.88 Å². The lowest BCUT2D eigenvalue weighted by atomic mass is 10.1. The molecule has 2 rings (SSSR count). The summed E-state index contributed by atoms with van der Waals surface area (Å²) in [5.41, 5.74) is 0.880. The van der Waals surface area contributed by atoms with Crippen molar-refractivity contribution in [1.29, 1.82) is 0 Å². The molecule has 1 heterocycles. The quantitative estimate of drug-likeness (QED) is 0.443. The van der Waals surface area contributed by atoms with Crippen molar-refractivity contribution in [3.05, 3.63) is 48.0 Å². The van der Waals surface area contributed by atoms with Crippen LogP contribution in [0, 0.1) is 0 Å². The van der Waals surface area contributed by atoms with Crippen LogP contribution < -0.4 is 4.74 Å². The van der Waals surface area contributed by atoms with Gasteiger partial charge in [-0.15, -0.1) is 0 Å². The molecule has 0 unspecified atom stereocenters. The number of aromatic nitrogens is 1. The molecule has 7 heteroatoms. The van der Waals surface area contributed by atoms with Crippen molar-refractivity contribution in [2.75, 3.05) is 12.9 Å². The first kappa shape index (κ1) is 24.4. The number of rotatable bonds is 11. The zero-order valence-corrected chi connectivity index (χ0v) is 19.8. The molecule has 5 nitrogen and oxygen atoms in total. The number of ether oxygens (including phenoxy) is 1. The largest absolute Gasteiger partial charge is 0.481 e. The van der Waals surface area contributed by atoms with Crippen LogP contribution in [0.15, 0.2) is 52.4 Å². The first-order chi connectivity index (χ1) is 14.1. The van der Waals surface area contributed by atoms with Gasteiger partial charge in [-0.2, -0.15) is 0 Å². The molecule has 0 spiro atoms. The first-order valence-electron chi connectivity index (χ1n) is 10.1. The molecule has 164 valence electrons. The summed E-state index contributed by atoms with van der Waals surface area (Å²) in [5.74, 6) is 0.825. The predicted octanol–water partition coefficient (Wildman–Crippen LogP) is 5.13. The first-order valence-corrected chi connectivity index (χ1v) is 12.6. The fourth-order valence-electron chi connectivity index (χ4n) is 2.79. The van der Waals surface area contributed by atoms with Crippen LogP contribution >= 0.6 is 11.8 Å². The number of sulfone groups is 1. The Bertz CT molecular complexity index is 935. The number of Topliss-reactive ketones (excluding diaryl/α,β-unsaturated/α-hetero) is 1. The van der Waals surface area contributed by atoms with E-state index in [1.165, 1.54) is 11.8 Å². The molecule has 0 aliphatic heterocycles. The van der Waals surface area contributed by atoms with E-state index in [4.69, 9.17) is 4.74 Å². The van der Waals surface area contributed by atoms with Gasteiger partial charge in [0.1, 0.15) is 10.8 Å². The van der Waals surface area contributed by atoms with E-state index in [-0.39, 0.29) is 11.5 Å². The maximum Gasteiger partial charge on any atom is 0.214 e. The minimum atomic E-state index is -3.10. The van der Waals surface area contributed by atoms with Crippen molar-refractivity contribution in [3.63, 3.8) is 0 Å². The number of pyridine rings is 1. The summed E-state index contributed by atoms with van der Waals surface area (Å²) in [6, 6.07) is 13.6. The summed E-state index contributed by atoms with van der Waals surface area (Å²) in [7, 11) is -1.52. The Morgan fingerprint density at radius 3 is 2.37 bits per heavy atom. The van der Waals surface area contributed by atoms with Gasteiger partial charge in [0, 0.05) is 23.8 Å². The second kappa shape index (κ2) is 11.0. The highest BCUT2D eigenvalue weighted by Gasteiger charge is 2.27. The van der Waals surface area contributed by atoms with Crippen LogP contribution in [-0.4, -0.2) is 36.8 Å². The highest BCUT2D eigenvalue weighted by Crippen LogP contribution is 2.31. The molecule has 0 aliphatic rings. The number of unbranched alkanes of at least 4 members (excludes halogenated alkanes) is 2. The van der Waals surface area contributed by atoms with E-state index in [9.17, 15) is 13.2 Å². The Balaban J connectivity index is 1.90. The van der Waals surface area contributed by atoms with Crippen molar-refractivity contribution in [2.24, 2.45) is 0 Å². The van der Waals surface area contributed by atoms with E-state index in [0.717, 1.165) is 21.9 Å². The van der Waals surface area contributed by atoms with Gasteiger partial charge in [-0.1, -0.05) is 42.4 Å². The second-order valence-electron chi connectivity index (χ2n) is 8.19. The minimum absolute atomic E-state index is 0.135. The van der Waals surface area contributed by atoms with Gasteiger partial charge in [-0.05, 0) is 51.3 Å². The van der Waals surface area contributed by atoms with Crippen LogP contribution in [0.3, 0.4) is 0 Å². The summed E-state index contributed by atoms with van der Waals surface area (Å²) in [6.07, 6.45) is 2.77. The highest BCUT2D eigenvalue weighted by molar-refractivity contribution is 7.99. The molecular weight excluding hydrogens is 418 g/mol. The number of hydrogen-bond acceptors (Lipinski definition) is 6. The number of carbonyl (C=O) groups excluding carboxylic acids is 1. The van der Waals surface area contributed by atoms with Crippen LogP contribution in [0.25, 0.3) is 0 Å². The molecule has 30 heavy (non-hydrogen) atoms. The van der Waals surface area contributed by atoms with Gasteiger partial charge in [0.05, 0.1) is 17.6 Å². The SMILES string of the molecule is COc1ccc(CC(=O)CCCCCS(=O)(=O)C(C)(C)C)c(Sc2ccccc2)n1. The van der Waals surface area contributed by atoms with Crippen molar-refractivity contribution in [1.82, 2.24) is 4.98 Å². The molecule has 0 fully saturated rings. The fraction of sp³-hybridized carbons (Fsp3) is 0.478. The summed E-state index contributed by atoms with van der Waals surface area (Å²) < 4.78 is 28.8. The molecule has 0 saturated carbocycles. The molecule has 0 amide bonds. The number of benzene rings is 1. The van der Waals surface area contributed by atoms with Gasteiger partial charge >= 0.3 is 0 Å². The summed E-state index contributed by atoms with van der Waals surface area (Å²) in [5, 5.41) is 0.769. The Hall–Kier alpha value is -1.86. The van der Waals surface area contributed by atoms with E-state index in [0.29, 0.717) is 31.6 Å². The maximum atomic E-state index is 12.5. The smallest absolute Gasteiger partial charge is 0.214 e. The third-order valence-electron chi connectivity index (χ3n) is 4.77. The Labute approximate surface area is 184 Å². The van der Waals surface area contributed by atoms with E-state index in [2.05, 4.69) is 4.98 Å². The molecule has 0 aliphatic carbocycles. The Kier molecular flexibility index (Phi) is 8.92. The third-order valence-corrected chi connectivity index (χ3v) is 8.52. The van der Waals surface area contributed by atoms with Crippen LogP contribution in [0.4, 0.5) is 0 Å². The van der Waals surface area contributed by atoms with Crippen molar-refractivity contribution >= 4 is 27.4 Å². The molecule has 0 N–H and O–H groups in total. The number of carbonyl (C=O) groups is 1. The van der Waals surface area contributed by atoms with E-state index in [1.54, 1.807) is 33.9 Å². The highest BCUT2D eigenvalue weighted by atomic mass is 32.2. The van der Waals surface area contributed by atoms with Gasteiger partial charge < -0.3 is 4.74 Å². The van der Waals surface area contributed by atoms with Gasteiger partial charge in [0.15, 0.2) is 9.84 Å². The van der Waals surface area contributed by atoms with Crippen molar-refractivity contribution in [2.45, 2.75) is 67.5 Å². The Morgan fingerprint density at radius 2 is 1.73 bits per heavy atom. The number of ketones is 1. The Morgan fingerprint density at radius 1 is 1.03 bits per heavy atom. The lowest BCUT2D eigenvalue weighted by Gasteiger charge is -2.18. The molecule has 2 aromatic rings. The normalized spacial score (nSPS) is 12.0. The summed E-state index contributed by atoms with van der Waals surface area (Å²) in [6.45, 7) is 5.17. The van der Waals surface area contributed by atoms with E-state index in [1.807, 2.05) is 36.4 Å². The summed E-state index contributed by atoms with van der Waals surface area (Å²) in [4.78, 5) is 18.1. The third kappa shape index (κ3) is 7.43. The van der Waals surface area contributed by atoms with Gasteiger partial charge in [-0.3, -0.25) is 4.79 Å². The standard InChI is InChI=1S/C23H31NO4S2/c1-23(2,3)30(26,27)16-10-6-7-11-19(25)17-18-14-15-21(28-4)24-22(18)29-20-12-8-5-9-13-20/h5,8-9,12-15H,6-7,10-11,16-17H2,1-4H3. The minimum Gasteiger partial charge on any atom is -0.481 e. The summed E-state index contributed by atoms with van der Waals surface area (Å²) >= 11 is 1.51. The molecular formula is C23H31NO4S2. The van der Waals surface area contributed by atoms with Gasteiger partial charge in [0.2, 0.25) is 5.88 Å². The molecule has 0 radical (unpaired) electrons. The van der Waals surface area contributed by atoms with Gasteiger partial charge in [0.25, 0.3) is 0 Å². The second-order valence-corrected chi connectivity index (χ2v) is 12.1. The average Bonchev–Trinajstić information content (AvgIpc) is 2.69. The van der Waals surface area contributed by atoms with Crippen molar-refractivity contribution < 1.29 is 17.9 Å². The van der Waals surface area contributed by atoms with Crippen LogP contribution in [-0.2, 0) is 21.1 Å². The predicted molar refractivity (Wildman–Crippen MR) is 122 cm³/mol. The van der Waals surface area contributed by atoms with Crippen LogP contribution in [0.5, 0.6) is 5.88 Å². The monoisotopic (exact) mass is 449 g/mol. The van der Waals surface area contributed by atoms with Crippen LogP contribution in [0.2, 0.25) is 0 Å². The van der Waals surface area contributed by atoms with E-state index >= 15 is 0 Å². The fourth-order valence-corrected chi connectivity index (χ4v) is 4.91.